The van der Waals surface area contributed by atoms with E-state index in [0.717, 1.165) is 33.6 Å². The van der Waals surface area contributed by atoms with E-state index in [9.17, 15) is 5.11 Å². The second kappa shape index (κ2) is 6.26. The first-order chi connectivity index (χ1) is 11.1. The van der Waals surface area contributed by atoms with E-state index in [1.165, 1.54) is 0 Å². The quantitative estimate of drug-likeness (QED) is 0.757. The maximum Gasteiger partial charge on any atom is 0.145 e. The molecule has 1 unspecified atom stereocenters. The maximum absolute atomic E-state index is 9.75. The van der Waals surface area contributed by atoms with Crippen LogP contribution < -0.4 is 10.1 Å². The van der Waals surface area contributed by atoms with Gasteiger partial charge in [0.25, 0.3) is 0 Å². The molecule has 0 saturated heterocycles. The van der Waals surface area contributed by atoms with Crippen LogP contribution in [0.15, 0.2) is 36.7 Å². The molecule has 3 aromatic rings. The highest BCUT2D eigenvalue weighted by Crippen LogP contribution is 2.31. The molecule has 6 nitrogen and oxygen atoms in total. The second-order valence-corrected chi connectivity index (χ2v) is 5.49. The molecule has 1 aromatic carbocycles. The summed E-state index contributed by atoms with van der Waals surface area (Å²) in [5, 5.41) is 18.3. The minimum absolute atomic E-state index is 0.0292. The Bertz CT molecular complexity index is 829. The van der Waals surface area contributed by atoms with Gasteiger partial charge in [-0.15, -0.1) is 0 Å². The van der Waals surface area contributed by atoms with Crippen LogP contribution in [0.1, 0.15) is 17.3 Å². The fraction of sp³-hybridized carbons (Fsp3) is 0.294. The van der Waals surface area contributed by atoms with Gasteiger partial charge in [0.05, 0.1) is 26.0 Å². The molecule has 0 aliphatic carbocycles. The zero-order valence-electron chi connectivity index (χ0n) is 13.4. The van der Waals surface area contributed by atoms with Gasteiger partial charge >= 0.3 is 0 Å². The van der Waals surface area contributed by atoms with E-state index in [2.05, 4.69) is 15.4 Å². The van der Waals surface area contributed by atoms with E-state index in [1.54, 1.807) is 18.0 Å². The Kier molecular flexibility index (Phi) is 4.16. The summed E-state index contributed by atoms with van der Waals surface area (Å²) >= 11 is 0. The number of aryl methyl sites for hydroxylation is 2. The third kappa shape index (κ3) is 2.98. The van der Waals surface area contributed by atoms with Crippen molar-refractivity contribution < 1.29 is 9.84 Å². The van der Waals surface area contributed by atoms with Crippen LogP contribution in [0.2, 0.25) is 0 Å². The lowest BCUT2D eigenvalue weighted by atomic mass is 10.1. The first kappa shape index (κ1) is 15.3. The highest BCUT2D eigenvalue weighted by Gasteiger charge is 2.15. The van der Waals surface area contributed by atoms with Crippen LogP contribution in [0.4, 0.5) is 5.69 Å². The molecule has 0 fully saturated rings. The van der Waals surface area contributed by atoms with Crippen molar-refractivity contribution in [2.75, 3.05) is 19.0 Å². The van der Waals surface area contributed by atoms with Crippen molar-refractivity contribution in [3.63, 3.8) is 0 Å². The molecule has 1 atom stereocenters. The van der Waals surface area contributed by atoms with Gasteiger partial charge in [0.2, 0.25) is 0 Å². The van der Waals surface area contributed by atoms with Crippen molar-refractivity contribution in [2.24, 2.45) is 7.05 Å². The average molecular weight is 312 g/mol. The van der Waals surface area contributed by atoms with Gasteiger partial charge in [-0.25, -0.2) is 4.98 Å². The SMILES string of the molecule is COc1cccc2c(NC(CO)c3cnn(C)c3)cc(C)nc12. The van der Waals surface area contributed by atoms with E-state index in [-0.39, 0.29) is 12.6 Å². The van der Waals surface area contributed by atoms with Gasteiger partial charge in [-0.2, -0.15) is 5.10 Å². The van der Waals surface area contributed by atoms with Crippen molar-refractivity contribution in [3.8, 4) is 5.75 Å². The highest BCUT2D eigenvalue weighted by molar-refractivity contribution is 5.95. The summed E-state index contributed by atoms with van der Waals surface area (Å²) in [5.74, 6) is 0.733. The Morgan fingerprint density at radius 2 is 2.22 bits per heavy atom. The lowest BCUT2D eigenvalue weighted by Gasteiger charge is -2.18. The standard InChI is InChI=1S/C17H20N4O2/c1-11-7-14(13-5-4-6-16(23-3)17(13)19-11)20-15(10-22)12-8-18-21(2)9-12/h4-9,15,22H,10H2,1-3H3,(H,19,20). The molecule has 2 N–H and O–H groups in total. The Balaban J connectivity index is 2.05. The summed E-state index contributed by atoms with van der Waals surface area (Å²) in [6.45, 7) is 1.91. The fourth-order valence-electron chi connectivity index (χ4n) is 2.68. The van der Waals surface area contributed by atoms with Crippen molar-refractivity contribution in [1.82, 2.24) is 14.8 Å². The molecule has 23 heavy (non-hydrogen) atoms. The fourth-order valence-corrected chi connectivity index (χ4v) is 2.68. The van der Waals surface area contributed by atoms with Gasteiger partial charge in [-0.1, -0.05) is 12.1 Å². The number of aromatic nitrogens is 3. The number of rotatable bonds is 5. The number of nitrogens with one attached hydrogen (secondary N) is 1. The second-order valence-electron chi connectivity index (χ2n) is 5.49. The minimum Gasteiger partial charge on any atom is -0.494 e. The molecule has 3 rings (SSSR count). The number of aliphatic hydroxyl groups excluding tert-OH is 1. The maximum atomic E-state index is 9.75. The van der Waals surface area contributed by atoms with E-state index >= 15 is 0 Å². The number of benzene rings is 1. The van der Waals surface area contributed by atoms with Crippen molar-refractivity contribution in [3.05, 3.63) is 47.9 Å². The highest BCUT2D eigenvalue weighted by atomic mass is 16.5. The van der Waals surface area contributed by atoms with Gasteiger partial charge in [-0.3, -0.25) is 4.68 Å². The molecule has 0 spiro atoms. The lowest BCUT2D eigenvalue weighted by Crippen LogP contribution is -2.15. The predicted octanol–water partition coefficient (Wildman–Crippen LogP) is 2.43. The Hall–Kier alpha value is -2.60. The molecule has 6 heteroatoms. The van der Waals surface area contributed by atoms with E-state index in [4.69, 9.17) is 4.74 Å². The van der Waals surface area contributed by atoms with Gasteiger partial charge in [0, 0.05) is 35.6 Å². The van der Waals surface area contributed by atoms with Gasteiger partial charge in [0.15, 0.2) is 0 Å². The van der Waals surface area contributed by atoms with Crippen LogP contribution >= 0.6 is 0 Å². The number of para-hydroxylation sites is 1. The summed E-state index contributed by atoms with van der Waals surface area (Å²) in [6.07, 6.45) is 3.65. The summed E-state index contributed by atoms with van der Waals surface area (Å²) in [5.41, 5.74) is 3.53. The molecule has 2 heterocycles. The molecular weight excluding hydrogens is 292 g/mol. The number of pyridine rings is 1. The third-order valence-electron chi connectivity index (χ3n) is 3.79. The number of aliphatic hydroxyl groups is 1. The number of anilines is 1. The number of hydrogen-bond acceptors (Lipinski definition) is 5. The van der Waals surface area contributed by atoms with Crippen molar-refractivity contribution in [1.29, 1.82) is 0 Å². The first-order valence-corrected chi connectivity index (χ1v) is 7.42. The van der Waals surface area contributed by atoms with E-state index in [1.807, 2.05) is 44.4 Å². The number of nitrogens with zero attached hydrogens (tertiary/aromatic N) is 3. The summed E-state index contributed by atoms with van der Waals surface area (Å²) in [7, 11) is 3.49. The normalized spacial score (nSPS) is 12.3. The smallest absolute Gasteiger partial charge is 0.145 e. The zero-order chi connectivity index (χ0) is 16.4. The molecule has 0 amide bonds. The lowest BCUT2D eigenvalue weighted by molar-refractivity contribution is 0.276. The van der Waals surface area contributed by atoms with Crippen molar-refractivity contribution in [2.45, 2.75) is 13.0 Å². The predicted molar refractivity (Wildman–Crippen MR) is 89.7 cm³/mol. The van der Waals surface area contributed by atoms with Crippen molar-refractivity contribution >= 4 is 16.6 Å². The number of hydrogen-bond donors (Lipinski definition) is 2. The summed E-state index contributed by atoms with van der Waals surface area (Å²) in [4.78, 5) is 4.57. The Morgan fingerprint density at radius 1 is 1.39 bits per heavy atom. The van der Waals surface area contributed by atoms with Crippen LogP contribution in [0.3, 0.4) is 0 Å². The van der Waals surface area contributed by atoms with Crippen LogP contribution in [-0.2, 0) is 7.05 Å². The molecule has 0 aliphatic heterocycles. The molecule has 0 aliphatic rings. The van der Waals surface area contributed by atoms with Crippen LogP contribution in [0.5, 0.6) is 5.75 Å². The van der Waals surface area contributed by atoms with Gasteiger partial charge in [-0.05, 0) is 19.1 Å². The Morgan fingerprint density at radius 3 is 2.87 bits per heavy atom. The molecule has 0 saturated carbocycles. The number of methoxy groups -OCH3 is 1. The molecule has 120 valence electrons. The first-order valence-electron chi connectivity index (χ1n) is 7.42. The number of fused-ring (bicyclic) bond motifs is 1. The van der Waals surface area contributed by atoms with Crippen LogP contribution in [0.25, 0.3) is 10.9 Å². The van der Waals surface area contributed by atoms with E-state index in [0.29, 0.717) is 0 Å². The molecule has 0 bridgehead atoms. The third-order valence-corrected chi connectivity index (χ3v) is 3.79. The summed E-state index contributed by atoms with van der Waals surface area (Å²) < 4.78 is 7.12. The molecular formula is C17H20N4O2. The average Bonchev–Trinajstić information content (AvgIpc) is 2.98. The molecule has 0 radical (unpaired) electrons. The minimum atomic E-state index is -0.236. The monoisotopic (exact) mass is 312 g/mol. The largest absolute Gasteiger partial charge is 0.494 e. The Labute approximate surface area is 134 Å². The van der Waals surface area contributed by atoms with Crippen LogP contribution in [-0.4, -0.2) is 33.6 Å². The zero-order valence-corrected chi connectivity index (χ0v) is 13.4. The van der Waals surface area contributed by atoms with Crippen LogP contribution in [0, 0.1) is 6.92 Å². The summed E-state index contributed by atoms with van der Waals surface area (Å²) in [6, 6.07) is 7.55. The topological polar surface area (TPSA) is 72.2 Å². The van der Waals surface area contributed by atoms with Gasteiger partial charge in [0.1, 0.15) is 11.3 Å². The van der Waals surface area contributed by atoms with E-state index < -0.39 is 0 Å². The van der Waals surface area contributed by atoms with Gasteiger partial charge < -0.3 is 15.2 Å². The molecule has 2 aromatic heterocycles. The number of ether oxygens (including phenoxy) is 1.